The van der Waals surface area contributed by atoms with Crippen molar-refractivity contribution in [1.29, 1.82) is 0 Å². The number of hydrogen-bond donors (Lipinski definition) is 2. The second-order valence-corrected chi connectivity index (χ2v) is 7.23. The van der Waals surface area contributed by atoms with Gasteiger partial charge < -0.3 is 5.73 Å². The second kappa shape index (κ2) is 5.72. The van der Waals surface area contributed by atoms with Crippen LogP contribution in [0.15, 0.2) is 17.0 Å². The summed E-state index contributed by atoms with van der Waals surface area (Å²) in [4.78, 5) is -0.158. The molecule has 0 fully saturated rings. The number of nitrogens with two attached hydrogens (primary N) is 1. The van der Waals surface area contributed by atoms with Crippen LogP contribution in [-0.2, 0) is 16.4 Å². The molecular formula is C10H10Cl2N4O2S2. The first kappa shape index (κ1) is 15.3. The Morgan fingerprint density at radius 3 is 2.65 bits per heavy atom. The van der Waals surface area contributed by atoms with E-state index in [0.717, 1.165) is 16.3 Å². The van der Waals surface area contributed by atoms with E-state index in [0.29, 0.717) is 6.42 Å². The van der Waals surface area contributed by atoms with E-state index in [9.17, 15) is 8.42 Å². The first-order chi connectivity index (χ1) is 9.35. The Kier molecular flexibility index (Phi) is 4.38. The molecule has 0 spiro atoms. The standard InChI is InChI=1S/C10H10Cl2N4O2S2/c1-2-7-14-15-10(19-7)16-20(17,18)6-4-3-5(11)9(13)8(6)12/h3-4H,2,13H2,1H3,(H,15,16). The fraction of sp³-hybridized carbons (Fsp3) is 0.200. The zero-order valence-electron chi connectivity index (χ0n) is 10.2. The zero-order valence-corrected chi connectivity index (χ0v) is 13.4. The lowest BCUT2D eigenvalue weighted by atomic mass is 10.3. The van der Waals surface area contributed by atoms with Gasteiger partial charge in [0.05, 0.1) is 15.7 Å². The number of aromatic nitrogens is 2. The quantitative estimate of drug-likeness (QED) is 0.824. The molecule has 6 nitrogen and oxygen atoms in total. The van der Waals surface area contributed by atoms with Gasteiger partial charge in [0.25, 0.3) is 10.0 Å². The van der Waals surface area contributed by atoms with Crippen LogP contribution in [0.4, 0.5) is 10.8 Å². The van der Waals surface area contributed by atoms with E-state index < -0.39 is 10.0 Å². The lowest BCUT2D eigenvalue weighted by Gasteiger charge is -2.09. The van der Waals surface area contributed by atoms with Crippen LogP contribution < -0.4 is 10.5 Å². The number of sulfonamides is 1. The fourth-order valence-corrected chi connectivity index (χ4v) is 4.04. The van der Waals surface area contributed by atoms with Crippen molar-refractivity contribution in [2.75, 3.05) is 10.5 Å². The molecule has 0 aliphatic heterocycles. The number of nitrogen functional groups attached to an aromatic ring is 1. The molecule has 10 heteroatoms. The summed E-state index contributed by atoms with van der Waals surface area (Å²) < 4.78 is 26.8. The molecule has 1 aromatic carbocycles. The van der Waals surface area contributed by atoms with Gasteiger partial charge >= 0.3 is 0 Å². The van der Waals surface area contributed by atoms with Crippen molar-refractivity contribution < 1.29 is 8.42 Å². The largest absolute Gasteiger partial charge is 0.396 e. The Hall–Kier alpha value is -1.09. The van der Waals surface area contributed by atoms with E-state index in [1.54, 1.807) is 0 Å². The van der Waals surface area contributed by atoms with E-state index in [2.05, 4.69) is 14.9 Å². The summed E-state index contributed by atoms with van der Waals surface area (Å²) in [7, 11) is -3.89. The summed E-state index contributed by atoms with van der Waals surface area (Å²) in [5, 5.41) is 8.55. The first-order valence-electron chi connectivity index (χ1n) is 5.44. The molecule has 0 aliphatic carbocycles. The molecule has 3 N–H and O–H groups in total. The van der Waals surface area contributed by atoms with Gasteiger partial charge in [0.1, 0.15) is 9.90 Å². The summed E-state index contributed by atoms with van der Waals surface area (Å²) in [5.41, 5.74) is 5.63. The van der Waals surface area contributed by atoms with Crippen LogP contribution >= 0.6 is 34.5 Å². The molecule has 0 unspecified atom stereocenters. The summed E-state index contributed by atoms with van der Waals surface area (Å²) >= 11 is 12.8. The lowest BCUT2D eigenvalue weighted by molar-refractivity contribution is 0.601. The molecule has 2 aromatic rings. The van der Waals surface area contributed by atoms with Crippen LogP contribution in [0.25, 0.3) is 0 Å². The fourth-order valence-electron chi connectivity index (χ4n) is 1.36. The van der Waals surface area contributed by atoms with E-state index in [1.165, 1.54) is 12.1 Å². The maximum Gasteiger partial charge on any atom is 0.265 e. The highest BCUT2D eigenvalue weighted by Gasteiger charge is 2.22. The van der Waals surface area contributed by atoms with E-state index in [-0.39, 0.29) is 25.8 Å². The van der Waals surface area contributed by atoms with Crippen molar-refractivity contribution in [3.05, 3.63) is 27.2 Å². The number of hydrogen-bond acceptors (Lipinski definition) is 6. The summed E-state index contributed by atoms with van der Waals surface area (Å²) in [6, 6.07) is 2.65. The lowest BCUT2D eigenvalue weighted by Crippen LogP contribution is -2.14. The Bertz CT molecular complexity index is 746. The van der Waals surface area contributed by atoms with Crippen molar-refractivity contribution in [3.63, 3.8) is 0 Å². The molecule has 0 amide bonds. The minimum absolute atomic E-state index is 0.0164. The third-order valence-electron chi connectivity index (χ3n) is 2.37. The second-order valence-electron chi connectivity index (χ2n) is 3.73. The molecule has 108 valence electrons. The van der Waals surface area contributed by atoms with Crippen molar-refractivity contribution in [1.82, 2.24) is 10.2 Å². The third kappa shape index (κ3) is 2.98. The van der Waals surface area contributed by atoms with Gasteiger partial charge in [-0.2, -0.15) is 0 Å². The van der Waals surface area contributed by atoms with Crippen LogP contribution in [-0.4, -0.2) is 18.6 Å². The minimum atomic E-state index is -3.89. The summed E-state index contributed by atoms with van der Waals surface area (Å²) in [5.74, 6) is 0. The predicted octanol–water partition coefficient (Wildman–Crippen LogP) is 2.79. The van der Waals surface area contributed by atoms with E-state index >= 15 is 0 Å². The number of nitrogens with zero attached hydrogens (tertiary/aromatic N) is 2. The van der Waals surface area contributed by atoms with Gasteiger partial charge in [-0.15, -0.1) is 10.2 Å². The van der Waals surface area contributed by atoms with Crippen molar-refractivity contribution in [2.45, 2.75) is 18.2 Å². The van der Waals surface area contributed by atoms with E-state index in [1.807, 2.05) is 6.92 Å². The average molecular weight is 353 g/mol. The smallest absolute Gasteiger partial charge is 0.265 e. The highest BCUT2D eigenvalue weighted by atomic mass is 35.5. The van der Waals surface area contributed by atoms with Crippen molar-refractivity contribution >= 4 is 55.4 Å². The van der Waals surface area contributed by atoms with Gasteiger partial charge in [0, 0.05) is 0 Å². The Morgan fingerprint density at radius 1 is 1.35 bits per heavy atom. The normalized spacial score (nSPS) is 11.6. The van der Waals surface area contributed by atoms with Crippen LogP contribution in [0, 0.1) is 0 Å². The Morgan fingerprint density at radius 2 is 2.05 bits per heavy atom. The maximum atomic E-state index is 12.2. The molecule has 0 saturated heterocycles. The molecule has 0 aliphatic rings. The highest BCUT2D eigenvalue weighted by Crippen LogP contribution is 2.34. The van der Waals surface area contributed by atoms with Crippen LogP contribution in [0.2, 0.25) is 10.0 Å². The molecule has 0 bridgehead atoms. The molecular weight excluding hydrogens is 343 g/mol. The predicted molar refractivity (Wildman–Crippen MR) is 81.0 cm³/mol. The molecule has 2 rings (SSSR count). The topological polar surface area (TPSA) is 98.0 Å². The molecule has 0 saturated carbocycles. The van der Waals surface area contributed by atoms with Crippen molar-refractivity contribution in [3.8, 4) is 0 Å². The monoisotopic (exact) mass is 352 g/mol. The molecule has 1 aromatic heterocycles. The van der Waals surface area contributed by atoms with Crippen LogP contribution in [0.5, 0.6) is 0 Å². The summed E-state index contributed by atoms with van der Waals surface area (Å²) in [6.45, 7) is 1.90. The number of anilines is 2. The third-order valence-corrected chi connectivity index (χ3v) is 5.71. The SMILES string of the molecule is CCc1nnc(NS(=O)(=O)c2ccc(Cl)c(N)c2Cl)s1. The van der Waals surface area contributed by atoms with E-state index in [4.69, 9.17) is 28.9 Å². The zero-order chi connectivity index (χ0) is 14.9. The molecule has 0 atom stereocenters. The van der Waals surface area contributed by atoms with Gasteiger partial charge in [-0.3, -0.25) is 4.72 Å². The molecule has 20 heavy (non-hydrogen) atoms. The minimum Gasteiger partial charge on any atom is -0.396 e. The van der Waals surface area contributed by atoms with Gasteiger partial charge in [-0.05, 0) is 18.6 Å². The van der Waals surface area contributed by atoms with Crippen LogP contribution in [0.3, 0.4) is 0 Å². The number of nitrogens with one attached hydrogen (secondary N) is 1. The number of aryl methyl sites for hydroxylation is 1. The Labute approximate surface area is 130 Å². The van der Waals surface area contributed by atoms with Crippen molar-refractivity contribution in [2.24, 2.45) is 0 Å². The maximum absolute atomic E-state index is 12.2. The number of halogens is 2. The van der Waals surface area contributed by atoms with Gasteiger partial charge in [-0.25, -0.2) is 8.42 Å². The van der Waals surface area contributed by atoms with Gasteiger partial charge in [-0.1, -0.05) is 41.5 Å². The molecule has 0 radical (unpaired) electrons. The number of benzene rings is 1. The highest BCUT2D eigenvalue weighted by molar-refractivity contribution is 7.93. The summed E-state index contributed by atoms with van der Waals surface area (Å²) in [6.07, 6.45) is 0.675. The molecule has 1 heterocycles. The van der Waals surface area contributed by atoms with Crippen LogP contribution in [0.1, 0.15) is 11.9 Å². The van der Waals surface area contributed by atoms with Gasteiger partial charge in [0.2, 0.25) is 5.13 Å². The first-order valence-corrected chi connectivity index (χ1v) is 8.49. The average Bonchev–Trinajstić information content (AvgIpc) is 2.82. The van der Waals surface area contributed by atoms with Gasteiger partial charge in [0.15, 0.2) is 0 Å². The number of rotatable bonds is 4. The Balaban J connectivity index is 2.38.